The number of nitrogens with one attached hydrogen (secondary N) is 1. The zero-order valence-corrected chi connectivity index (χ0v) is 32.5. The molecule has 282 valence electrons. The number of hydrogen-bond acceptors (Lipinski definition) is 6. The first-order valence-electron chi connectivity index (χ1n) is 18.8. The molecule has 0 aliphatic carbocycles. The van der Waals surface area contributed by atoms with Gasteiger partial charge in [-0.15, -0.1) is 0 Å². The Balaban J connectivity index is 4.65. The Labute approximate surface area is 300 Å². The van der Waals surface area contributed by atoms with E-state index >= 15 is 0 Å². The molecule has 0 rings (SSSR count). The van der Waals surface area contributed by atoms with Crippen molar-refractivity contribution in [3.05, 3.63) is 72.9 Å². The van der Waals surface area contributed by atoms with Crippen molar-refractivity contribution < 1.29 is 32.9 Å². The largest absolute Gasteiger partial charge is 0.756 e. The fourth-order valence-corrected chi connectivity index (χ4v) is 5.32. The molecular formula is C40H71N2O6P. The van der Waals surface area contributed by atoms with Crippen molar-refractivity contribution in [2.75, 3.05) is 40.9 Å². The second-order valence-electron chi connectivity index (χ2n) is 13.5. The Bertz CT molecular complexity index is 1030. The van der Waals surface area contributed by atoms with Crippen LogP contribution < -0.4 is 10.2 Å². The summed E-state index contributed by atoms with van der Waals surface area (Å²) in [5.41, 5.74) is 0. The molecule has 0 aromatic heterocycles. The zero-order chi connectivity index (χ0) is 36.5. The molecule has 9 heteroatoms. The van der Waals surface area contributed by atoms with Crippen LogP contribution in [0.25, 0.3) is 0 Å². The highest BCUT2D eigenvalue weighted by molar-refractivity contribution is 7.45. The van der Waals surface area contributed by atoms with E-state index in [0.717, 1.165) is 89.9 Å². The number of hydrogen-bond donors (Lipinski definition) is 2. The van der Waals surface area contributed by atoms with Crippen LogP contribution in [0, 0.1) is 0 Å². The van der Waals surface area contributed by atoms with E-state index in [2.05, 4.69) is 79.9 Å². The second kappa shape index (κ2) is 31.9. The Hall–Kier alpha value is -2.06. The van der Waals surface area contributed by atoms with Crippen molar-refractivity contribution in [1.82, 2.24) is 5.32 Å². The van der Waals surface area contributed by atoms with Crippen molar-refractivity contribution in [2.24, 2.45) is 0 Å². The number of allylic oxidation sites excluding steroid dienone is 11. The molecule has 8 nitrogen and oxygen atoms in total. The van der Waals surface area contributed by atoms with Crippen LogP contribution in [0.3, 0.4) is 0 Å². The standard InChI is InChI=1S/C40H71N2O6P/c1-6-8-10-12-14-16-18-20-21-22-24-26-28-30-32-34-40(44)41-38(37-48-49(45,46)47-36-35-42(3,4)5)39(43)33-31-29-27-25-23-19-17-15-13-11-9-7-2/h8,10,13-16,20-21,23,25,31,33,38-39,43H,6-7,9,11-12,17-19,22,24,26-30,32,34-37H2,1-5H3,(H-,41,44,45,46)/b10-8-,15-13+,16-14-,21-20-,25-23+,33-31+. The van der Waals surface area contributed by atoms with Gasteiger partial charge in [0.1, 0.15) is 13.2 Å². The molecule has 0 saturated heterocycles. The first-order chi connectivity index (χ1) is 23.5. The van der Waals surface area contributed by atoms with Crippen molar-refractivity contribution in [1.29, 1.82) is 0 Å². The number of phosphoric ester groups is 1. The Morgan fingerprint density at radius 1 is 0.735 bits per heavy atom. The highest BCUT2D eigenvalue weighted by atomic mass is 31.2. The third-order valence-corrected chi connectivity index (χ3v) is 8.59. The van der Waals surface area contributed by atoms with Gasteiger partial charge in [-0.05, 0) is 70.6 Å². The van der Waals surface area contributed by atoms with Crippen LogP contribution >= 0.6 is 7.82 Å². The van der Waals surface area contributed by atoms with Crippen LogP contribution in [0.5, 0.6) is 0 Å². The lowest BCUT2D eigenvalue weighted by atomic mass is 10.1. The molecule has 0 aromatic rings. The molecule has 1 amide bonds. The molecule has 0 aromatic carbocycles. The Kier molecular flexibility index (Phi) is 30.5. The molecule has 0 aliphatic heterocycles. The van der Waals surface area contributed by atoms with Gasteiger partial charge >= 0.3 is 0 Å². The second-order valence-corrected chi connectivity index (χ2v) is 14.9. The van der Waals surface area contributed by atoms with Gasteiger partial charge in [0.25, 0.3) is 7.82 Å². The summed E-state index contributed by atoms with van der Waals surface area (Å²) in [5, 5.41) is 13.6. The summed E-state index contributed by atoms with van der Waals surface area (Å²) >= 11 is 0. The molecule has 49 heavy (non-hydrogen) atoms. The van der Waals surface area contributed by atoms with Crippen LogP contribution in [0.1, 0.15) is 123 Å². The minimum atomic E-state index is -4.60. The number of amides is 1. The van der Waals surface area contributed by atoms with Crippen molar-refractivity contribution in [3.63, 3.8) is 0 Å². The van der Waals surface area contributed by atoms with Gasteiger partial charge in [-0.25, -0.2) is 0 Å². The number of carbonyl (C=O) groups excluding carboxylic acids is 1. The van der Waals surface area contributed by atoms with Crippen LogP contribution in [0.4, 0.5) is 0 Å². The third-order valence-electron chi connectivity index (χ3n) is 7.63. The Morgan fingerprint density at radius 2 is 1.27 bits per heavy atom. The predicted molar refractivity (Wildman–Crippen MR) is 205 cm³/mol. The maximum Gasteiger partial charge on any atom is 0.268 e. The average Bonchev–Trinajstić information content (AvgIpc) is 3.04. The fourth-order valence-electron chi connectivity index (χ4n) is 4.59. The third kappa shape index (κ3) is 34.2. The molecular weight excluding hydrogens is 635 g/mol. The molecule has 0 aliphatic rings. The minimum absolute atomic E-state index is 0.0166. The lowest BCUT2D eigenvalue weighted by molar-refractivity contribution is -0.870. The molecule has 3 unspecified atom stereocenters. The van der Waals surface area contributed by atoms with Gasteiger partial charge in [-0.3, -0.25) is 9.36 Å². The summed E-state index contributed by atoms with van der Waals surface area (Å²) in [6, 6.07) is -0.919. The van der Waals surface area contributed by atoms with Gasteiger partial charge in [-0.1, -0.05) is 119 Å². The average molecular weight is 707 g/mol. The highest BCUT2D eigenvalue weighted by Gasteiger charge is 2.23. The highest BCUT2D eigenvalue weighted by Crippen LogP contribution is 2.38. The van der Waals surface area contributed by atoms with Gasteiger partial charge in [0.2, 0.25) is 5.91 Å². The number of aliphatic hydroxyl groups is 1. The van der Waals surface area contributed by atoms with E-state index in [9.17, 15) is 19.4 Å². The maximum absolute atomic E-state index is 12.8. The number of aliphatic hydroxyl groups excluding tert-OH is 1. The number of likely N-dealkylation sites (N-methyl/N-ethyl adjacent to an activating group) is 1. The van der Waals surface area contributed by atoms with E-state index in [4.69, 9.17) is 9.05 Å². The lowest BCUT2D eigenvalue weighted by Crippen LogP contribution is -2.45. The molecule has 0 bridgehead atoms. The van der Waals surface area contributed by atoms with Gasteiger partial charge < -0.3 is 28.8 Å². The first-order valence-corrected chi connectivity index (χ1v) is 20.3. The van der Waals surface area contributed by atoms with Crippen molar-refractivity contribution in [2.45, 2.75) is 135 Å². The van der Waals surface area contributed by atoms with E-state index in [1.165, 1.54) is 12.8 Å². The fraction of sp³-hybridized carbons (Fsp3) is 0.675. The number of unbranched alkanes of at least 4 members (excludes halogenated alkanes) is 9. The summed E-state index contributed by atoms with van der Waals surface area (Å²) in [4.78, 5) is 25.1. The first kappa shape index (κ1) is 46.9. The number of rotatable bonds is 32. The van der Waals surface area contributed by atoms with Crippen molar-refractivity contribution >= 4 is 13.7 Å². The minimum Gasteiger partial charge on any atom is -0.756 e. The monoisotopic (exact) mass is 707 g/mol. The quantitative estimate of drug-likeness (QED) is 0.0313. The number of quaternary nitrogens is 1. The molecule has 0 radical (unpaired) electrons. The van der Waals surface area contributed by atoms with Crippen LogP contribution in [-0.2, 0) is 18.4 Å². The molecule has 3 atom stereocenters. The smallest absolute Gasteiger partial charge is 0.268 e. The zero-order valence-electron chi connectivity index (χ0n) is 31.6. The number of nitrogens with zero attached hydrogens (tertiary/aromatic N) is 1. The number of carbonyl (C=O) groups is 1. The topological polar surface area (TPSA) is 108 Å². The van der Waals surface area contributed by atoms with Gasteiger partial charge in [0.05, 0.1) is 39.9 Å². The van der Waals surface area contributed by atoms with Gasteiger partial charge in [-0.2, -0.15) is 0 Å². The predicted octanol–water partition coefficient (Wildman–Crippen LogP) is 9.05. The molecule has 0 heterocycles. The van der Waals surface area contributed by atoms with Crippen molar-refractivity contribution in [3.8, 4) is 0 Å². The summed E-state index contributed by atoms with van der Waals surface area (Å²) in [5.74, 6) is -0.236. The van der Waals surface area contributed by atoms with Gasteiger partial charge in [0, 0.05) is 6.42 Å². The summed E-state index contributed by atoms with van der Waals surface area (Å²) in [6.07, 6.45) is 40.9. The van der Waals surface area contributed by atoms with E-state index in [1.54, 1.807) is 6.08 Å². The van der Waals surface area contributed by atoms with E-state index in [1.807, 2.05) is 27.2 Å². The Morgan fingerprint density at radius 3 is 1.90 bits per heavy atom. The molecule has 0 saturated carbocycles. The van der Waals surface area contributed by atoms with Crippen LogP contribution in [0.2, 0.25) is 0 Å². The SMILES string of the molecule is CC/C=C\C/C=C\C/C=C\CCCCCCCC(=O)NC(COP(=O)([O-])OCC[N+](C)(C)C)C(O)/C=C/CC/C=C/CC/C=C/CCCC. The van der Waals surface area contributed by atoms with Gasteiger partial charge in [0.15, 0.2) is 0 Å². The number of phosphoric acid groups is 1. The van der Waals surface area contributed by atoms with E-state index < -0.39 is 26.6 Å². The summed E-state index contributed by atoms with van der Waals surface area (Å²) in [7, 11) is 1.20. The molecule has 0 fully saturated rings. The maximum atomic E-state index is 12.8. The van der Waals surface area contributed by atoms with Crippen LogP contribution in [-0.4, -0.2) is 68.5 Å². The summed E-state index contributed by atoms with van der Waals surface area (Å²) in [6.45, 7) is 4.39. The molecule has 0 spiro atoms. The van der Waals surface area contributed by atoms with Crippen LogP contribution in [0.15, 0.2) is 72.9 Å². The normalized spacial score (nSPS) is 15.5. The summed E-state index contributed by atoms with van der Waals surface area (Å²) < 4.78 is 23.0. The lowest BCUT2D eigenvalue weighted by Gasteiger charge is -2.29. The van der Waals surface area contributed by atoms with E-state index in [0.29, 0.717) is 17.4 Å². The molecule has 2 N–H and O–H groups in total. The van der Waals surface area contributed by atoms with E-state index in [-0.39, 0.29) is 12.5 Å².